The standard InChI is InChI=1S/C22H20O3.Zn/c1-22(2,18-11-12-20(23)19(14-18)21(24)25)17-10-6-9-16(13-17)15-7-4-3-5-8-15;/h3-14,23H,1-2H3,(H,24,25);. The molecule has 0 aromatic heterocycles. The van der Waals surface area contributed by atoms with Gasteiger partial charge in [-0.05, 0) is 34.4 Å². The Morgan fingerprint density at radius 1 is 0.808 bits per heavy atom. The number of hydrogen-bond donors (Lipinski definition) is 2. The molecule has 3 aromatic carbocycles. The number of carboxylic acids is 1. The number of phenols is 1. The molecule has 0 radical (unpaired) electrons. The molecule has 0 saturated heterocycles. The van der Waals surface area contributed by atoms with Crippen molar-refractivity contribution in [3.63, 3.8) is 0 Å². The molecule has 0 spiro atoms. The van der Waals surface area contributed by atoms with Crippen LogP contribution in [-0.4, -0.2) is 16.2 Å². The summed E-state index contributed by atoms with van der Waals surface area (Å²) in [6.45, 7) is 4.10. The van der Waals surface area contributed by atoms with Crippen LogP contribution in [0.4, 0.5) is 0 Å². The molecule has 0 amide bonds. The maximum atomic E-state index is 11.3. The van der Waals surface area contributed by atoms with Crippen molar-refractivity contribution in [2.75, 3.05) is 0 Å². The van der Waals surface area contributed by atoms with Crippen LogP contribution in [0, 0.1) is 0 Å². The predicted molar refractivity (Wildman–Crippen MR) is 99.1 cm³/mol. The van der Waals surface area contributed by atoms with Gasteiger partial charge in [0, 0.05) is 24.9 Å². The van der Waals surface area contributed by atoms with Crippen molar-refractivity contribution in [2.24, 2.45) is 0 Å². The fourth-order valence-electron chi connectivity index (χ4n) is 2.98. The van der Waals surface area contributed by atoms with Crippen molar-refractivity contribution in [1.82, 2.24) is 0 Å². The molecule has 3 rings (SSSR count). The summed E-state index contributed by atoms with van der Waals surface area (Å²) in [4.78, 5) is 11.3. The molecule has 26 heavy (non-hydrogen) atoms. The average molecular weight is 398 g/mol. The average Bonchev–Trinajstić information content (AvgIpc) is 2.62. The zero-order valence-corrected chi connectivity index (χ0v) is 17.9. The minimum Gasteiger partial charge on any atom is -0.507 e. The van der Waals surface area contributed by atoms with Crippen LogP contribution in [0.2, 0.25) is 0 Å². The Balaban J connectivity index is 0.00000243. The Hall–Kier alpha value is -2.45. The van der Waals surface area contributed by atoms with E-state index in [0.29, 0.717) is 0 Å². The van der Waals surface area contributed by atoms with Crippen LogP contribution < -0.4 is 0 Å². The van der Waals surface area contributed by atoms with Gasteiger partial charge in [-0.3, -0.25) is 0 Å². The molecule has 128 valence electrons. The van der Waals surface area contributed by atoms with Crippen molar-refractivity contribution in [1.29, 1.82) is 0 Å². The zero-order chi connectivity index (χ0) is 18.0. The summed E-state index contributed by atoms with van der Waals surface area (Å²) < 4.78 is 0. The zero-order valence-electron chi connectivity index (χ0n) is 14.9. The first kappa shape index (κ1) is 19.9. The summed E-state index contributed by atoms with van der Waals surface area (Å²) in [5, 5.41) is 19.0. The topological polar surface area (TPSA) is 57.5 Å². The number of aromatic carboxylic acids is 1. The van der Waals surface area contributed by atoms with Crippen molar-refractivity contribution >= 4 is 5.97 Å². The number of benzene rings is 3. The van der Waals surface area contributed by atoms with E-state index in [1.807, 2.05) is 30.3 Å². The second-order valence-corrected chi connectivity index (χ2v) is 6.61. The Kier molecular flexibility index (Phi) is 5.99. The second kappa shape index (κ2) is 7.84. The largest absolute Gasteiger partial charge is 0.507 e. The van der Waals surface area contributed by atoms with Crippen molar-refractivity contribution in [3.05, 3.63) is 89.5 Å². The Labute approximate surface area is 166 Å². The van der Waals surface area contributed by atoms with E-state index in [0.717, 1.165) is 22.3 Å². The molecule has 0 fully saturated rings. The van der Waals surface area contributed by atoms with E-state index in [1.165, 1.54) is 6.07 Å². The monoisotopic (exact) mass is 396 g/mol. The van der Waals surface area contributed by atoms with Crippen LogP contribution in [0.25, 0.3) is 11.1 Å². The van der Waals surface area contributed by atoms with Crippen LogP contribution >= 0.6 is 0 Å². The fraction of sp³-hybridized carbons (Fsp3) is 0.136. The van der Waals surface area contributed by atoms with Crippen molar-refractivity contribution in [2.45, 2.75) is 19.3 Å². The molecule has 0 atom stereocenters. The summed E-state index contributed by atoms with van der Waals surface area (Å²) in [6.07, 6.45) is 0. The summed E-state index contributed by atoms with van der Waals surface area (Å²) in [7, 11) is 0. The summed E-state index contributed by atoms with van der Waals surface area (Å²) >= 11 is 0. The predicted octanol–water partition coefficient (Wildman–Crippen LogP) is 5.08. The minimum atomic E-state index is -1.13. The molecular weight excluding hydrogens is 378 g/mol. The van der Waals surface area contributed by atoms with Gasteiger partial charge in [-0.1, -0.05) is 74.5 Å². The molecule has 0 aliphatic heterocycles. The van der Waals surface area contributed by atoms with Gasteiger partial charge in [-0.25, -0.2) is 4.79 Å². The molecule has 0 aliphatic carbocycles. The Bertz CT molecular complexity index is 918. The van der Waals surface area contributed by atoms with Gasteiger partial charge in [0.2, 0.25) is 0 Å². The van der Waals surface area contributed by atoms with E-state index in [-0.39, 0.29) is 30.8 Å². The third kappa shape index (κ3) is 3.86. The van der Waals surface area contributed by atoms with Crippen LogP contribution in [0.5, 0.6) is 5.75 Å². The van der Waals surface area contributed by atoms with Gasteiger partial charge in [-0.2, -0.15) is 0 Å². The van der Waals surface area contributed by atoms with Crippen LogP contribution in [0.3, 0.4) is 0 Å². The number of carbonyl (C=O) groups is 1. The molecule has 0 saturated carbocycles. The first-order chi connectivity index (χ1) is 11.9. The van der Waals surface area contributed by atoms with Gasteiger partial charge in [0.05, 0.1) is 0 Å². The first-order valence-electron chi connectivity index (χ1n) is 8.12. The molecule has 3 aromatic rings. The fourth-order valence-corrected chi connectivity index (χ4v) is 2.98. The SMILES string of the molecule is CC(C)(c1cccc(-c2ccccc2)c1)c1ccc(O)c(C(=O)O)c1.[Zn]. The number of carboxylic acid groups (broad SMARTS) is 1. The van der Waals surface area contributed by atoms with Gasteiger partial charge in [0.1, 0.15) is 11.3 Å². The molecule has 0 bridgehead atoms. The molecular formula is C22H20O3Zn. The second-order valence-electron chi connectivity index (χ2n) is 6.61. The van der Waals surface area contributed by atoms with E-state index >= 15 is 0 Å². The van der Waals surface area contributed by atoms with E-state index < -0.39 is 11.4 Å². The van der Waals surface area contributed by atoms with Gasteiger partial charge in [0.25, 0.3) is 0 Å². The Morgan fingerprint density at radius 3 is 2.08 bits per heavy atom. The van der Waals surface area contributed by atoms with Crippen molar-refractivity contribution in [3.8, 4) is 16.9 Å². The van der Waals surface area contributed by atoms with Crippen LogP contribution in [0.1, 0.15) is 35.3 Å². The molecule has 2 N–H and O–H groups in total. The van der Waals surface area contributed by atoms with Gasteiger partial charge in [-0.15, -0.1) is 0 Å². The van der Waals surface area contributed by atoms with Crippen LogP contribution in [0.15, 0.2) is 72.8 Å². The number of rotatable bonds is 4. The Morgan fingerprint density at radius 2 is 1.42 bits per heavy atom. The number of hydrogen-bond acceptors (Lipinski definition) is 2. The third-order valence-corrected chi connectivity index (χ3v) is 4.64. The van der Waals surface area contributed by atoms with E-state index in [9.17, 15) is 15.0 Å². The quantitative estimate of drug-likeness (QED) is 0.603. The van der Waals surface area contributed by atoms with E-state index in [1.54, 1.807) is 12.1 Å². The third-order valence-electron chi connectivity index (χ3n) is 4.64. The molecule has 0 heterocycles. The molecule has 0 unspecified atom stereocenters. The summed E-state index contributed by atoms with van der Waals surface area (Å²) in [5.41, 5.74) is 3.69. The summed E-state index contributed by atoms with van der Waals surface area (Å²) in [6, 6.07) is 23.1. The maximum Gasteiger partial charge on any atom is 0.339 e. The number of aromatic hydroxyl groups is 1. The van der Waals surface area contributed by atoms with E-state index in [2.05, 4.69) is 38.1 Å². The molecule has 4 heteroatoms. The van der Waals surface area contributed by atoms with Gasteiger partial charge >= 0.3 is 5.97 Å². The minimum absolute atomic E-state index is 0. The first-order valence-corrected chi connectivity index (χ1v) is 8.12. The van der Waals surface area contributed by atoms with Crippen molar-refractivity contribution < 1.29 is 34.5 Å². The smallest absolute Gasteiger partial charge is 0.339 e. The maximum absolute atomic E-state index is 11.3. The molecule has 3 nitrogen and oxygen atoms in total. The van der Waals surface area contributed by atoms with E-state index in [4.69, 9.17) is 0 Å². The van der Waals surface area contributed by atoms with Gasteiger partial charge < -0.3 is 10.2 Å². The van der Waals surface area contributed by atoms with Gasteiger partial charge in [0.15, 0.2) is 0 Å². The molecule has 0 aliphatic rings. The summed E-state index contributed by atoms with van der Waals surface area (Å²) in [5.74, 6) is -1.35. The van der Waals surface area contributed by atoms with Crippen LogP contribution in [-0.2, 0) is 24.9 Å². The normalized spacial score (nSPS) is 10.8.